The second-order valence-corrected chi connectivity index (χ2v) is 5.68. The van der Waals surface area contributed by atoms with Crippen molar-refractivity contribution < 1.29 is 18.3 Å². The molecule has 0 aliphatic rings. The number of H-pyrrole nitrogens is 1. The first kappa shape index (κ1) is 14.8. The van der Waals surface area contributed by atoms with Crippen LogP contribution >= 0.6 is 0 Å². The summed E-state index contributed by atoms with van der Waals surface area (Å²) in [6, 6.07) is 2.51. The highest BCUT2D eigenvalue weighted by atomic mass is 32.2. The average molecular weight is 312 g/mol. The zero-order valence-corrected chi connectivity index (χ0v) is 11.7. The minimum absolute atomic E-state index is 0.141. The summed E-state index contributed by atoms with van der Waals surface area (Å²) in [5.74, 6) is -1.41. The first-order chi connectivity index (χ1) is 9.85. The molecule has 2 aromatic rings. The highest BCUT2D eigenvalue weighted by Crippen LogP contribution is 2.16. The van der Waals surface area contributed by atoms with Gasteiger partial charge in [-0.1, -0.05) is 0 Å². The third-order valence-corrected chi connectivity index (χ3v) is 4.03. The van der Waals surface area contributed by atoms with Crippen LogP contribution < -0.4 is 10.3 Å². The van der Waals surface area contributed by atoms with Crippen molar-refractivity contribution in [1.82, 2.24) is 14.8 Å². The van der Waals surface area contributed by atoms with E-state index in [0.717, 1.165) is 6.20 Å². The van der Waals surface area contributed by atoms with E-state index in [1.54, 1.807) is 6.92 Å². The number of nitrogens with zero attached hydrogens (tertiary/aromatic N) is 2. The van der Waals surface area contributed by atoms with Gasteiger partial charge < -0.3 is 9.67 Å². The predicted octanol–water partition coefficient (Wildman–Crippen LogP) is 0.0903. The van der Waals surface area contributed by atoms with E-state index in [1.807, 2.05) is 0 Å². The lowest BCUT2D eigenvalue weighted by molar-refractivity contribution is 0.0692. The number of nitrogens with one attached hydrogen (secondary N) is 2. The number of carboxylic acids is 1. The van der Waals surface area contributed by atoms with E-state index in [4.69, 9.17) is 5.11 Å². The van der Waals surface area contributed by atoms with Crippen molar-refractivity contribution in [2.45, 2.75) is 18.5 Å². The smallest absolute Gasteiger partial charge is 0.340 e. The molecule has 0 bridgehead atoms. The van der Waals surface area contributed by atoms with Gasteiger partial charge in [0.2, 0.25) is 0 Å². The Kier molecular flexibility index (Phi) is 3.80. The normalized spacial score (nSPS) is 11.3. The number of rotatable bonds is 5. The number of sulfonamides is 1. The quantitative estimate of drug-likeness (QED) is 0.716. The lowest BCUT2D eigenvalue weighted by Gasteiger charge is -2.09. The van der Waals surface area contributed by atoms with E-state index in [2.05, 4.69) is 14.9 Å². The molecular weight excluding hydrogens is 300 g/mol. The van der Waals surface area contributed by atoms with Crippen LogP contribution in [0.1, 0.15) is 17.3 Å². The molecule has 0 aliphatic carbocycles. The van der Waals surface area contributed by atoms with Gasteiger partial charge in [-0.25, -0.2) is 4.79 Å². The van der Waals surface area contributed by atoms with Crippen LogP contribution in [-0.4, -0.2) is 34.3 Å². The number of carboxylic acid groups (broad SMARTS) is 1. The first-order valence-corrected chi connectivity index (χ1v) is 7.33. The number of aryl methyl sites for hydroxylation is 1. The molecule has 3 N–H and O–H groups in total. The van der Waals surface area contributed by atoms with Gasteiger partial charge in [-0.2, -0.15) is 13.5 Å². The summed E-state index contributed by atoms with van der Waals surface area (Å²) in [5.41, 5.74) is -0.595. The zero-order chi connectivity index (χ0) is 15.6. The van der Waals surface area contributed by atoms with Crippen molar-refractivity contribution in [1.29, 1.82) is 0 Å². The summed E-state index contributed by atoms with van der Waals surface area (Å²) in [4.78, 5) is 22.4. The van der Waals surface area contributed by atoms with Crippen LogP contribution in [0.3, 0.4) is 0 Å². The van der Waals surface area contributed by atoms with Crippen LogP contribution in [0.4, 0.5) is 5.69 Å². The molecule has 112 valence electrons. The molecule has 0 spiro atoms. The molecule has 2 heterocycles. The molecule has 0 aromatic carbocycles. The van der Waals surface area contributed by atoms with Gasteiger partial charge in [0, 0.05) is 18.8 Å². The number of hydrogen-bond donors (Lipinski definition) is 3. The Morgan fingerprint density at radius 3 is 2.81 bits per heavy atom. The Morgan fingerprint density at radius 2 is 2.19 bits per heavy atom. The fourth-order valence-electron chi connectivity index (χ4n) is 1.68. The maximum atomic E-state index is 12.1. The number of aromatic carboxylic acids is 1. The van der Waals surface area contributed by atoms with E-state index in [-0.39, 0.29) is 11.2 Å². The van der Waals surface area contributed by atoms with Gasteiger partial charge in [0.05, 0.1) is 11.9 Å². The molecule has 0 saturated carbocycles. The second kappa shape index (κ2) is 5.40. The van der Waals surface area contributed by atoms with E-state index >= 15 is 0 Å². The Bertz CT molecular complexity index is 836. The summed E-state index contributed by atoms with van der Waals surface area (Å²) in [6.07, 6.45) is 2.24. The van der Waals surface area contributed by atoms with Crippen molar-refractivity contribution in [3.8, 4) is 0 Å². The number of hydrogen-bond acceptors (Lipinski definition) is 5. The zero-order valence-electron chi connectivity index (χ0n) is 10.9. The van der Waals surface area contributed by atoms with E-state index in [0.29, 0.717) is 6.54 Å². The molecule has 0 radical (unpaired) electrons. The summed E-state index contributed by atoms with van der Waals surface area (Å²) >= 11 is 0. The minimum Gasteiger partial charge on any atom is -0.478 e. The summed E-state index contributed by atoms with van der Waals surface area (Å²) in [6.45, 7) is 2.11. The Labute approximate surface area is 119 Å². The Balaban J connectivity index is 2.40. The van der Waals surface area contributed by atoms with Crippen LogP contribution in [-0.2, 0) is 16.6 Å². The lowest BCUT2D eigenvalue weighted by atomic mass is 10.4. The SMILES string of the molecule is CCn1cc(NS(=O)(=O)c2[nH]ncc2C(=O)O)ccc1=O. The number of aromatic amines is 1. The van der Waals surface area contributed by atoms with E-state index < -0.39 is 26.6 Å². The van der Waals surface area contributed by atoms with Crippen molar-refractivity contribution in [3.05, 3.63) is 40.4 Å². The van der Waals surface area contributed by atoms with Gasteiger partial charge in [-0.05, 0) is 13.0 Å². The molecule has 9 nitrogen and oxygen atoms in total. The number of carbonyl (C=O) groups is 1. The van der Waals surface area contributed by atoms with Crippen molar-refractivity contribution in [3.63, 3.8) is 0 Å². The molecule has 0 fully saturated rings. The minimum atomic E-state index is -4.15. The third-order valence-electron chi connectivity index (χ3n) is 2.68. The third kappa shape index (κ3) is 2.94. The summed E-state index contributed by atoms with van der Waals surface area (Å²) in [5, 5.41) is 13.9. The Hall–Kier alpha value is -2.62. The predicted molar refractivity (Wildman–Crippen MR) is 72.7 cm³/mol. The average Bonchev–Trinajstić information content (AvgIpc) is 2.91. The van der Waals surface area contributed by atoms with E-state index in [1.165, 1.54) is 22.9 Å². The molecule has 0 unspecified atom stereocenters. The summed E-state index contributed by atoms with van der Waals surface area (Å²) < 4.78 is 27.8. The van der Waals surface area contributed by atoms with Crippen LogP contribution in [0, 0.1) is 0 Å². The van der Waals surface area contributed by atoms with Crippen molar-refractivity contribution >= 4 is 21.7 Å². The molecule has 10 heteroatoms. The highest BCUT2D eigenvalue weighted by molar-refractivity contribution is 7.92. The van der Waals surface area contributed by atoms with Gasteiger partial charge in [-0.15, -0.1) is 0 Å². The van der Waals surface area contributed by atoms with Gasteiger partial charge in [0.15, 0.2) is 5.03 Å². The van der Waals surface area contributed by atoms with Gasteiger partial charge in [0.25, 0.3) is 15.6 Å². The maximum Gasteiger partial charge on any atom is 0.340 e. The van der Waals surface area contributed by atoms with Gasteiger partial charge in [-0.3, -0.25) is 14.6 Å². The molecule has 0 saturated heterocycles. The molecule has 0 aliphatic heterocycles. The fraction of sp³-hybridized carbons (Fsp3) is 0.182. The number of pyridine rings is 1. The molecule has 21 heavy (non-hydrogen) atoms. The first-order valence-electron chi connectivity index (χ1n) is 5.85. The largest absolute Gasteiger partial charge is 0.478 e. The van der Waals surface area contributed by atoms with Crippen LogP contribution in [0.25, 0.3) is 0 Å². The van der Waals surface area contributed by atoms with Crippen molar-refractivity contribution in [2.24, 2.45) is 0 Å². The number of aromatic nitrogens is 3. The molecule has 2 rings (SSSR count). The molecule has 0 atom stereocenters. The maximum absolute atomic E-state index is 12.1. The Morgan fingerprint density at radius 1 is 1.48 bits per heavy atom. The number of anilines is 1. The standard InChI is InChI=1S/C11H12N4O5S/c1-2-15-6-7(3-4-9(15)16)14-21(19,20)10-8(11(17)18)5-12-13-10/h3-6,14H,2H2,1H3,(H,12,13)(H,17,18). The molecule has 0 amide bonds. The van der Waals surface area contributed by atoms with Crippen LogP contribution in [0.5, 0.6) is 0 Å². The van der Waals surface area contributed by atoms with Crippen LogP contribution in [0.15, 0.2) is 34.3 Å². The van der Waals surface area contributed by atoms with Crippen LogP contribution in [0.2, 0.25) is 0 Å². The van der Waals surface area contributed by atoms with Gasteiger partial charge in [0.1, 0.15) is 5.56 Å². The fourth-order valence-corrected chi connectivity index (χ4v) is 2.81. The van der Waals surface area contributed by atoms with E-state index in [9.17, 15) is 18.0 Å². The highest BCUT2D eigenvalue weighted by Gasteiger charge is 2.25. The topological polar surface area (TPSA) is 134 Å². The lowest BCUT2D eigenvalue weighted by Crippen LogP contribution is -2.21. The monoisotopic (exact) mass is 312 g/mol. The van der Waals surface area contributed by atoms with Crippen molar-refractivity contribution in [2.75, 3.05) is 4.72 Å². The van der Waals surface area contributed by atoms with Gasteiger partial charge >= 0.3 is 5.97 Å². The summed E-state index contributed by atoms with van der Waals surface area (Å²) in [7, 11) is -4.15. The second-order valence-electron chi connectivity index (χ2n) is 4.07. The molecular formula is C11H12N4O5S. The molecule has 2 aromatic heterocycles.